The molecule has 0 aliphatic carbocycles. The maximum absolute atomic E-state index is 13.1. The van der Waals surface area contributed by atoms with E-state index in [9.17, 15) is 4.79 Å². The van der Waals surface area contributed by atoms with Crippen molar-refractivity contribution in [1.29, 1.82) is 0 Å². The minimum atomic E-state index is -0.623. The molecule has 130 valence electrons. The van der Waals surface area contributed by atoms with Crippen LogP contribution >= 0.6 is 0 Å². The molecule has 3 aromatic rings. The third-order valence-corrected chi connectivity index (χ3v) is 4.77. The molecule has 0 saturated carbocycles. The highest BCUT2D eigenvalue weighted by atomic mass is 16.2. The molecule has 0 fully saturated rings. The summed E-state index contributed by atoms with van der Waals surface area (Å²) in [4.78, 5) is 27.5. The number of hydrogen-bond donors (Lipinski definition) is 1. The van der Waals surface area contributed by atoms with Crippen LogP contribution in [0.2, 0.25) is 0 Å². The molecule has 3 heterocycles. The molecule has 0 atom stereocenters. The van der Waals surface area contributed by atoms with Crippen molar-refractivity contribution in [2.45, 2.75) is 26.2 Å². The fourth-order valence-corrected chi connectivity index (χ4v) is 3.29. The van der Waals surface area contributed by atoms with Gasteiger partial charge in [-0.2, -0.15) is 0 Å². The number of amides is 1. The van der Waals surface area contributed by atoms with E-state index in [4.69, 9.17) is 5.73 Å². The molecule has 0 spiro atoms. The Labute approximate surface area is 151 Å². The Balaban J connectivity index is 1.89. The SMILES string of the molecule is Cc1ncc(-c2ccc3c(c2)N(c2cncc(N)c2)C(=O)C3(C)C)cn1. The molecule has 2 aromatic heterocycles. The first-order valence-electron chi connectivity index (χ1n) is 8.36. The molecule has 6 heteroatoms. The first kappa shape index (κ1) is 16.2. The summed E-state index contributed by atoms with van der Waals surface area (Å²) in [5.74, 6) is 0.718. The van der Waals surface area contributed by atoms with Crippen LogP contribution in [0.15, 0.2) is 49.1 Å². The van der Waals surface area contributed by atoms with Crippen molar-refractivity contribution in [2.75, 3.05) is 10.6 Å². The van der Waals surface area contributed by atoms with E-state index in [0.29, 0.717) is 11.4 Å². The van der Waals surface area contributed by atoms with Crippen LogP contribution in [0.25, 0.3) is 11.1 Å². The molecule has 1 aromatic carbocycles. The van der Waals surface area contributed by atoms with E-state index in [1.54, 1.807) is 35.8 Å². The molecule has 0 saturated heterocycles. The topological polar surface area (TPSA) is 85.0 Å². The Morgan fingerprint density at radius 1 is 1.00 bits per heavy atom. The van der Waals surface area contributed by atoms with Crippen LogP contribution in [0.4, 0.5) is 17.1 Å². The van der Waals surface area contributed by atoms with Gasteiger partial charge in [-0.3, -0.25) is 14.7 Å². The summed E-state index contributed by atoms with van der Waals surface area (Å²) in [5.41, 5.74) is 10.1. The number of fused-ring (bicyclic) bond motifs is 1. The minimum absolute atomic E-state index is 0.00259. The normalized spacial score (nSPS) is 15.2. The average molecular weight is 345 g/mol. The van der Waals surface area contributed by atoms with Gasteiger partial charge < -0.3 is 5.73 Å². The van der Waals surface area contributed by atoms with Crippen molar-refractivity contribution in [1.82, 2.24) is 15.0 Å². The van der Waals surface area contributed by atoms with E-state index < -0.39 is 5.41 Å². The number of aromatic nitrogens is 3. The Kier molecular flexibility index (Phi) is 3.50. The molecule has 0 bridgehead atoms. The summed E-state index contributed by atoms with van der Waals surface area (Å²) in [6, 6.07) is 7.77. The number of nitrogens with zero attached hydrogens (tertiary/aromatic N) is 4. The number of carbonyl (C=O) groups is 1. The first-order valence-corrected chi connectivity index (χ1v) is 8.36. The lowest BCUT2D eigenvalue weighted by atomic mass is 9.85. The zero-order chi connectivity index (χ0) is 18.5. The third-order valence-electron chi connectivity index (χ3n) is 4.77. The monoisotopic (exact) mass is 345 g/mol. The fraction of sp³-hybridized carbons (Fsp3) is 0.200. The second-order valence-corrected chi connectivity index (χ2v) is 6.99. The van der Waals surface area contributed by atoms with Gasteiger partial charge in [-0.25, -0.2) is 9.97 Å². The Morgan fingerprint density at radius 2 is 1.73 bits per heavy atom. The second kappa shape index (κ2) is 5.62. The molecule has 6 nitrogen and oxygen atoms in total. The van der Waals surface area contributed by atoms with Gasteiger partial charge in [-0.1, -0.05) is 12.1 Å². The van der Waals surface area contributed by atoms with Gasteiger partial charge in [0.25, 0.3) is 0 Å². The smallest absolute Gasteiger partial charge is 0.241 e. The largest absolute Gasteiger partial charge is 0.397 e. The van der Waals surface area contributed by atoms with Crippen LogP contribution < -0.4 is 10.6 Å². The van der Waals surface area contributed by atoms with Crippen LogP contribution in [0, 0.1) is 6.92 Å². The predicted octanol–water partition coefficient (Wildman–Crippen LogP) is 3.39. The van der Waals surface area contributed by atoms with Crippen molar-refractivity contribution in [3.8, 4) is 11.1 Å². The molecule has 4 rings (SSSR count). The van der Waals surface area contributed by atoms with E-state index in [0.717, 1.165) is 28.2 Å². The Bertz CT molecular complexity index is 1010. The van der Waals surface area contributed by atoms with Crippen molar-refractivity contribution in [3.05, 3.63) is 60.4 Å². The van der Waals surface area contributed by atoms with Crippen LogP contribution in [-0.4, -0.2) is 20.9 Å². The van der Waals surface area contributed by atoms with E-state index in [2.05, 4.69) is 15.0 Å². The van der Waals surface area contributed by atoms with Crippen molar-refractivity contribution >= 4 is 23.0 Å². The molecular formula is C20H19N5O. The summed E-state index contributed by atoms with van der Waals surface area (Å²) in [6.07, 6.45) is 6.80. The zero-order valence-electron chi connectivity index (χ0n) is 14.9. The summed E-state index contributed by atoms with van der Waals surface area (Å²) >= 11 is 0. The van der Waals surface area contributed by atoms with Gasteiger partial charge in [-0.15, -0.1) is 0 Å². The van der Waals surface area contributed by atoms with E-state index in [1.165, 1.54) is 0 Å². The van der Waals surface area contributed by atoms with Crippen LogP contribution in [0.1, 0.15) is 25.2 Å². The average Bonchev–Trinajstić information content (AvgIpc) is 2.81. The maximum atomic E-state index is 13.1. The Hall–Kier alpha value is -3.28. The number of anilines is 3. The fourth-order valence-electron chi connectivity index (χ4n) is 3.29. The number of rotatable bonds is 2. The zero-order valence-corrected chi connectivity index (χ0v) is 14.9. The van der Waals surface area contributed by atoms with Gasteiger partial charge in [0, 0.05) is 24.2 Å². The van der Waals surface area contributed by atoms with Gasteiger partial charge in [0.1, 0.15) is 5.82 Å². The molecule has 26 heavy (non-hydrogen) atoms. The first-order chi connectivity index (χ1) is 12.4. The van der Waals surface area contributed by atoms with Gasteiger partial charge >= 0.3 is 0 Å². The summed E-state index contributed by atoms with van der Waals surface area (Å²) in [5, 5.41) is 0. The van der Waals surface area contributed by atoms with Crippen molar-refractivity contribution in [2.24, 2.45) is 0 Å². The summed E-state index contributed by atoms with van der Waals surface area (Å²) in [7, 11) is 0. The van der Waals surface area contributed by atoms with Crippen LogP contribution in [0.3, 0.4) is 0 Å². The molecule has 0 unspecified atom stereocenters. The number of aryl methyl sites for hydroxylation is 1. The van der Waals surface area contributed by atoms with Crippen LogP contribution in [-0.2, 0) is 10.2 Å². The number of pyridine rings is 1. The molecule has 1 aliphatic rings. The second-order valence-electron chi connectivity index (χ2n) is 6.99. The maximum Gasteiger partial charge on any atom is 0.241 e. The Morgan fingerprint density at radius 3 is 2.42 bits per heavy atom. The highest BCUT2D eigenvalue weighted by Gasteiger charge is 2.44. The molecule has 1 aliphatic heterocycles. The standard InChI is InChI=1S/C20H19N5O/c1-12-23-8-14(9-24-12)13-4-5-17-18(6-13)25(19(26)20(17,2)3)16-7-15(21)10-22-11-16/h4-11H,21H2,1-3H3. The van der Waals surface area contributed by atoms with Crippen molar-refractivity contribution < 1.29 is 4.79 Å². The number of hydrogen-bond acceptors (Lipinski definition) is 5. The number of nitrogen functional groups attached to an aromatic ring is 1. The highest BCUT2D eigenvalue weighted by molar-refractivity contribution is 6.13. The lowest BCUT2D eigenvalue weighted by Crippen LogP contribution is -2.33. The number of nitrogens with two attached hydrogens (primary N) is 1. The number of carbonyl (C=O) groups excluding carboxylic acids is 1. The number of benzene rings is 1. The summed E-state index contributed by atoms with van der Waals surface area (Å²) in [6.45, 7) is 5.72. The molecule has 1 amide bonds. The summed E-state index contributed by atoms with van der Waals surface area (Å²) < 4.78 is 0. The van der Waals surface area contributed by atoms with E-state index in [-0.39, 0.29) is 5.91 Å². The third kappa shape index (κ3) is 2.42. The van der Waals surface area contributed by atoms with Gasteiger partial charge in [0.05, 0.1) is 28.7 Å². The minimum Gasteiger partial charge on any atom is -0.397 e. The molecule has 0 radical (unpaired) electrons. The van der Waals surface area contributed by atoms with E-state index >= 15 is 0 Å². The highest BCUT2D eigenvalue weighted by Crippen LogP contribution is 2.46. The lowest BCUT2D eigenvalue weighted by Gasteiger charge is -2.20. The van der Waals surface area contributed by atoms with Crippen LogP contribution in [0.5, 0.6) is 0 Å². The molecular weight excluding hydrogens is 326 g/mol. The predicted molar refractivity (Wildman–Crippen MR) is 101 cm³/mol. The lowest BCUT2D eigenvalue weighted by molar-refractivity contribution is -0.121. The van der Waals surface area contributed by atoms with Gasteiger partial charge in [0.15, 0.2) is 0 Å². The quantitative estimate of drug-likeness (QED) is 0.769. The van der Waals surface area contributed by atoms with E-state index in [1.807, 2.05) is 39.0 Å². The van der Waals surface area contributed by atoms with Gasteiger partial charge in [-0.05, 0) is 44.0 Å². The van der Waals surface area contributed by atoms with Gasteiger partial charge in [0.2, 0.25) is 5.91 Å². The molecule has 2 N–H and O–H groups in total. The van der Waals surface area contributed by atoms with Crippen molar-refractivity contribution in [3.63, 3.8) is 0 Å².